The summed E-state index contributed by atoms with van der Waals surface area (Å²) in [5.41, 5.74) is -1.64. The lowest BCUT2D eigenvalue weighted by Crippen LogP contribution is -2.59. The van der Waals surface area contributed by atoms with E-state index in [-0.39, 0.29) is 42.3 Å². The minimum Gasteiger partial charge on any atom is -0.481 e. The van der Waals surface area contributed by atoms with Gasteiger partial charge in [0.2, 0.25) is 12.4 Å². The van der Waals surface area contributed by atoms with Crippen molar-refractivity contribution in [1.82, 2.24) is 24.6 Å². The number of benzene rings is 1. The second-order valence-corrected chi connectivity index (χ2v) is 13.2. The summed E-state index contributed by atoms with van der Waals surface area (Å²) in [6.45, 7) is 3.54. The molecule has 16 heteroatoms. The number of rotatable bonds is 11. The van der Waals surface area contributed by atoms with Crippen LogP contribution in [0.25, 0.3) is 11.1 Å². The number of aliphatic hydroxyl groups excluding tert-OH is 1. The number of hydrogen-bond acceptors (Lipinski definition) is 8. The van der Waals surface area contributed by atoms with E-state index in [2.05, 4.69) is 15.1 Å². The van der Waals surface area contributed by atoms with Gasteiger partial charge < -0.3 is 19.8 Å². The average Bonchev–Trinajstić information content (AvgIpc) is 3.52. The predicted octanol–water partition coefficient (Wildman–Crippen LogP) is 6.88. The Kier molecular flexibility index (Phi) is 11.4. The summed E-state index contributed by atoms with van der Waals surface area (Å²) >= 11 is 0. The Balaban J connectivity index is 1.45. The normalized spacial score (nSPS) is 24.2. The molecular weight excluding hydrogens is 670 g/mol. The molecule has 0 radical (unpaired) electrons. The van der Waals surface area contributed by atoms with Crippen LogP contribution in [0.3, 0.4) is 0 Å². The molecule has 2 aromatic heterocycles. The van der Waals surface area contributed by atoms with Gasteiger partial charge in [0.05, 0.1) is 29.3 Å². The molecule has 274 valence electrons. The maximum atomic E-state index is 13.8. The highest BCUT2D eigenvalue weighted by Crippen LogP contribution is 2.39. The van der Waals surface area contributed by atoms with Gasteiger partial charge in [0.1, 0.15) is 0 Å². The zero-order valence-corrected chi connectivity index (χ0v) is 28.0. The Morgan fingerprint density at radius 2 is 1.48 bits per heavy atom. The van der Waals surface area contributed by atoms with Crippen LogP contribution in [0.2, 0.25) is 0 Å². The first kappa shape index (κ1) is 37.5. The molecule has 3 heterocycles. The van der Waals surface area contributed by atoms with Crippen LogP contribution >= 0.6 is 0 Å². The summed E-state index contributed by atoms with van der Waals surface area (Å²) in [4.78, 5) is 24.0. The van der Waals surface area contributed by atoms with Crippen molar-refractivity contribution in [2.45, 2.75) is 115 Å². The molecule has 2 fully saturated rings. The Morgan fingerprint density at radius 1 is 0.920 bits per heavy atom. The number of ether oxygens (including phenoxy) is 1. The van der Waals surface area contributed by atoms with Gasteiger partial charge in [-0.05, 0) is 75.1 Å². The number of anilines is 1. The Hall–Kier alpha value is -3.76. The number of alkyl halides is 6. The fourth-order valence-corrected chi connectivity index (χ4v) is 7.18. The maximum Gasteiger partial charge on any atom is 0.416 e. The van der Waals surface area contributed by atoms with Gasteiger partial charge in [-0.1, -0.05) is 13.8 Å². The van der Waals surface area contributed by atoms with Crippen molar-refractivity contribution >= 4 is 11.9 Å². The van der Waals surface area contributed by atoms with Crippen LogP contribution in [-0.2, 0) is 35.5 Å². The minimum atomic E-state index is -5.00. The van der Waals surface area contributed by atoms with Crippen LogP contribution in [-0.4, -0.2) is 71.5 Å². The van der Waals surface area contributed by atoms with E-state index in [1.807, 2.05) is 18.7 Å². The third-order valence-corrected chi connectivity index (χ3v) is 9.84. The third kappa shape index (κ3) is 8.75. The predicted molar refractivity (Wildman–Crippen MR) is 170 cm³/mol. The van der Waals surface area contributed by atoms with Crippen LogP contribution < -0.4 is 4.90 Å². The largest absolute Gasteiger partial charge is 0.481 e. The highest BCUT2D eigenvalue weighted by Gasteiger charge is 2.42. The summed E-state index contributed by atoms with van der Waals surface area (Å²) in [5, 5.41) is 24.9. The monoisotopic (exact) mass is 712 g/mol. The molecule has 0 bridgehead atoms. The second kappa shape index (κ2) is 15.2. The number of aliphatic carboxylic acids is 1. The van der Waals surface area contributed by atoms with Crippen molar-refractivity contribution in [2.75, 3.05) is 4.90 Å². The Bertz CT molecular complexity index is 1550. The molecule has 1 aliphatic heterocycles. The molecular formula is C34H42F6N6O4. The molecule has 3 aromatic rings. The van der Waals surface area contributed by atoms with E-state index in [0.29, 0.717) is 56.9 Å². The summed E-state index contributed by atoms with van der Waals surface area (Å²) in [7, 11) is 1.75. The number of likely N-dealkylation sites (tertiary alicyclic amines) is 1. The maximum absolute atomic E-state index is 13.8. The molecule has 2 aliphatic rings. The van der Waals surface area contributed by atoms with Crippen LogP contribution in [0.15, 0.2) is 43.0 Å². The highest BCUT2D eigenvalue weighted by molar-refractivity contribution is 5.70. The average molecular weight is 713 g/mol. The summed E-state index contributed by atoms with van der Waals surface area (Å²) in [6.07, 6.45) is -1.35. The van der Waals surface area contributed by atoms with Gasteiger partial charge in [0.25, 0.3) is 0 Å². The molecule has 1 aliphatic carbocycles. The number of aliphatic hydroxyl groups is 1. The van der Waals surface area contributed by atoms with Crippen molar-refractivity contribution in [2.24, 2.45) is 13.0 Å². The summed E-state index contributed by atoms with van der Waals surface area (Å²) < 4.78 is 90.6. The van der Waals surface area contributed by atoms with E-state index in [0.717, 1.165) is 17.7 Å². The third-order valence-electron chi connectivity index (χ3n) is 9.84. The topological polar surface area (TPSA) is 117 Å². The van der Waals surface area contributed by atoms with Crippen molar-refractivity contribution in [3.8, 4) is 11.1 Å². The fraction of sp³-hybridized carbons (Fsp3) is 0.588. The number of aromatic nitrogens is 4. The van der Waals surface area contributed by atoms with Crippen molar-refractivity contribution < 1.29 is 46.1 Å². The standard InChI is InChI=1S/C34H42F6N6O4/c1-4-26-13-28(14-27(5-2)46(26)32(49)50-29-8-6-21(7-9-29)30(47)48)45(31-41-15-22(16-42-31)23-17-43-44(3)19-23)18-20-10-24(33(35,36)37)12-25(11-20)34(38,39)40/h10-12,15-17,19,21,26-29,32,49H,4-9,13-14,18H2,1-3H3,(H,47,48)/t21?,26-,27+,28?,29?,32?. The molecule has 0 amide bonds. The van der Waals surface area contributed by atoms with E-state index >= 15 is 0 Å². The van der Waals surface area contributed by atoms with Gasteiger partial charge in [0.15, 0.2) is 0 Å². The molecule has 1 aromatic carbocycles. The van der Waals surface area contributed by atoms with E-state index < -0.39 is 47.8 Å². The zero-order valence-electron chi connectivity index (χ0n) is 28.0. The zero-order chi connectivity index (χ0) is 36.4. The summed E-state index contributed by atoms with van der Waals surface area (Å²) in [5.74, 6) is -1.15. The minimum absolute atomic E-state index is 0.112. The number of piperidine rings is 1. The first-order chi connectivity index (χ1) is 23.6. The van der Waals surface area contributed by atoms with Gasteiger partial charge in [-0.3, -0.25) is 9.48 Å². The molecule has 2 N–H and O–H groups in total. The van der Waals surface area contributed by atoms with Gasteiger partial charge in [-0.2, -0.15) is 31.4 Å². The van der Waals surface area contributed by atoms with Crippen molar-refractivity contribution in [1.29, 1.82) is 0 Å². The number of hydrogen-bond donors (Lipinski definition) is 2. The number of aryl methyl sites for hydroxylation is 1. The number of carboxylic acid groups (broad SMARTS) is 1. The lowest BCUT2D eigenvalue weighted by Gasteiger charge is -2.49. The molecule has 10 nitrogen and oxygen atoms in total. The van der Waals surface area contributed by atoms with Crippen LogP contribution in [0.5, 0.6) is 0 Å². The molecule has 2 unspecified atom stereocenters. The smallest absolute Gasteiger partial charge is 0.416 e. The SMILES string of the molecule is CC[C@@H]1CC(N(Cc2cc(C(F)(F)F)cc(C(F)(F)F)c2)c2ncc(-c3cnn(C)c3)cn2)C[C@H](CC)N1C(O)OC1CCC(C(=O)O)CC1. The number of halogens is 6. The van der Waals surface area contributed by atoms with E-state index in [1.54, 1.807) is 41.4 Å². The van der Waals surface area contributed by atoms with E-state index in [4.69, 9.17) is 4.74 Å². The van der Waals surface area contributed by atoms with Gasteiger partial charge >= 0.3 is 18.3 Å². The molecule has 50 heavy (non-hydrogen) atoms. The molecule has 5 rings (SSSR count). The van der Waals surface area contributed by atoms with Gasteiger partial charge in [-0.25, -0.2) is 14.9 Å². The van der Waals surface area contributed by atoms with Crippen LogP contribution in [0, 0.1) is 5.92 Å². The number of carboxylic acids is 1. The van der Waals surface area contributed by atoms with Gasteiger partial charge in [-0.15, -0.1) is 0 Å². The van der Waals surface area contributed by atoms with Crippen molar-refractivity contribution in [3.63, 3.8) is 0 Å². The van der Waals surface area contributed by atoms with E-state index in [1.165, 1.54) is 0 Å². The fourth-order valence-electron chi connectivity index (χ4n) is 7.18. The van der Waals surface area contributed by atoms with Crippen molar-refractivity contribution in [3.05, 3.63) is 59.7 Å². The molecule has 1 saturated heterocycles. The first-order valence-electron chi connectivity index (χ1n) is 16.8. The van der Waals surface area contributed by atoms with Crippen LogP contribution in [0.1, 0.15) is 81.9 Å². The lowest BCUT2D eigenvalue weighted by molar-refractivity contribution is -0.252. The van der Waals surface area contributed by atoms with Gasteiger partial charge in [0, 0.05) is 61.4 Å². The Morgan fingerprint density at radius 3 is 1.94 bits per heavy atom. The first-order valence-corrected chi connectivity index (χ1v) is 16.8. The number of nitrogens with zero attached hydrogens (tertiary/aromatic N) is 6. The highest BCUT2D eigenvalue weighted by atomic mass is 19.4. The van der Waals surface area contributed by atoms with E-state index in [9.17, 15) is 41.4 Å². The Labute approximate surface area is 286 Å². The molecule has 4 atom stereocenters. The molecule has 1 saturated carbocycles. The molecule has 0 spiro atoms. The second-order valence-electron chi connectivity index (χ2n) is 13.2. The van der Waals surface area contributed by atoms with Crippen LogP contribution in [0.4, 0.5) is 32.3 Å². The number of carbonyl (C=O) groups is 1. The lowest BCUT2D eigenvalue weighted by atomic mass is 9.87. The quantitative estimate of drug-likeness (QED) is 0.162. The summed E-state index contributed by atoms with van der Waals surface area (Å²) in [6, 6.07) is 0.607.